The number of aryl methyl sites for hydroxylation is 1. The number of rotatable bonds is 3. The molecule has 0 atom stereocenters. The average molecular weight is 213 g/mol. The molecule has 0 spiro atoms. The molecule has 3 nitrogen and oxygen atoms in total. The van der Waals surface area contributed by atoms with Gasteiger partial charge in [0.25, 0.3) is 0 Å². The first-order valence-corrected chi connectivity index (χ1v) is 4.78. The van der Waals surface area contributed by atoms with E-state index >= 15 is 0 Å². The minimum absolute atomic E-state index is 0.193. The maximum atomic E-state index is 10.8. The molecular weight excluding hydrogens is 200 g/mol. The van der Waals surface area contributed by atoms with Gasteiger partial charge in [-0.25, -0.2) is 0 Å². The van der Waals surface area contributed by atoms with Crippen molar-refractivity contribution in [3.63, 3.8) is 0 Å². The van der Waals surface area contributed by atoms with Gasteiger partial charge in [0.1, 0.15) is 6.29 Å². The summed E-state index contributed by atoms with van der Waals surface area (Å²) in [4.78, 5) is 10.8. The van der Waals surface area contributed by atoms with E-state index in [2.05, 4.69) is 5.10 Å². The second-order valence-corrected chi connectivity index (χ2v) is 3.83. The number of nitrogens with zero attached hydrogens (tertiary/aromatic N) is 2. The summed E-state index contributed by atoms with van der Waals surface area (Å²) in [5, 5.41) is 4.55. The summed E-state index contributed by atoms with van der Waals surface area (Å²) >= 11 is 5.91. The molecule has 0 saturated heterocycles. The van der Waals surface area contributed by atoms with Crippen LogP contribution in [0.25, 0.3) is 6.08 Å². The molecule has 0 fully saturated rings. The molecule has 1 aromatic heterocycles. The third kappa shape index (κ3) is 2.23. The number of halogens is 1. The van der Waals surface area contributed by atoms with E-state index in [0.29, 0.717) is 5.02 Å². The lowest BCUT2D eigenvalue weighted by atomic mass is 10.0. The number of hydrogen-bond donors (Lipinski definition) is 0. The Kier molecular flexibility index (Phi) is 3.47. The number of carbonyl (C=O) groups excluding carboxylic acids is 1. The Labute approximate surface area is 88.4 Å². The molecule has 0 amide bonds. The highest BCUT2D eigenvalue weighted by molar-refractivity contribution is 6.31. The molecule has 0 aliphatic rings. The Morgan fingerprint density at radius 1 is 1.64 bits per heavy atom. The third-order valence-electron chi connectivity index (χ3n) is 2.04. The van der Waals surface area contributed by atoms with Gasteiger partial charge >= 0.3 is 0 Å². The van der Waals surface area contributed by atoms with Crippen molar-refractivity contribution < 1.29 is 4.79 Å². The summed E-state index contributed by atoms with van der Waals surface area (Å²) in [6, 6.07) is 0. The molecule has 0 unspecified atom stereocenters. The Hall–Kier alpha value is -1.09. The SMILES string of the molecule is CC(C)/C(C=O)=C/c1c(Cl)cnn1C. The molecule has 4 heteroatoms. The van der Waals surface area contributed by atoms with E-state index in [0.717, 1.165) is 17.6 Å². The van der Waals surface area contributed by atoms with Crippen molar-refractivity contribution in [2.75, 3.05) is 0 Å². The molecule has 0 saturated carbocycles. The molecule has 76 valence electrons. The Morgan fingerprint density at radius 2 is 2.29 bits per heavy atom. The van der Waals surface area contributed by atoms with Crippen LogP contribution in [0.2, 0.25) is 5.02 Å². The van der Waals surface area contributed by atoms with Gasteiger partial charge in [0.05, 0.1) is 16.9 Å². The lowest BCUT2D eigenvalue weighted by molar-refractivity contribution is -0.105. The van der Waals surface area contributed by atoms with Crippen LogP contribution in [-0.4, -0.2) is 16.1 Å². The highest BCUT2D eigenvalue weighted by Crippen LogP contribution is 2.19. The maximum Gasteiger partial charge on any atom is 0.146 e. The topological polar surface area (TPSA) is 34.9 Å². The van der Waals surface area contributed by atoms with Crippen molar-refractivity contribution in [2.24, 2.45) is 13.0 Å². The van der Waals surface area contributed by atoms with E-state index in [9.17, 15) is 4.79 Å². The fraction of sp³-hybridized carbons (Fsp3) is 0.400. The normalized spacial score (nSPS) is 12.2. The summed E-state index contributed by atoms with van der Waals surface area (Å²) in [6.45, 7) is 3.93. The van der Waals surface area contributed by atoms with Gasteiger partial charge in [0.2, 0.25) is 0 Å². The van der Waals surface area contributed by atoms with Crippen molar-refractivity contribution in [3.05, 3.63) is 22.5 Å². The monoisotopic (exact) mass is 212 g/mol. The van der Waals surface area contributed by atoms with Crippen molar-refractivity contribution in [1.29, 1.82) is 0 Å². The van der Waals surface area contributed by atoms with Gasteiger partial charge < -0.3 is 0 Å². The number of allylic oxidation sites excluding steroid dienone is 1. The maximum absolute atomic E-state index is 10.8. The Balaban J connectivity index is 3.12. The van der Waals surface area contributed by atoms with Crippen molar-refractivity contribution in [3.8, 4) is 0 Å². The molecule has 1 rings (SSSR count). The first-order valence-electron chi connectivity index (χ1n) is 4.40. The van der Waals surface area contributed by atoms with Gasteiger partial charge in [-0.2, -0.15) is 5.10 Å². The van der Waals surface area contributed by atoms with Gasteiger partial charge in [-0.1, -0.05) is 25.4 Å². The van der Waals surface area contributed by atoms with Crippen LogP contribution in [0.4, 0.5) is 0 Å². The van der Waals surface area contributed by atoms with Crippen LogP contribution >= 0.6 is 11.6 Å². The molecule has 0 radical (unpaired) electrons. The van der Waals surface area contributed by atoms with Gasteiger partial charge in [-0.15, -0.1) is 0 Å². The lowest BCUT2D eigenvalue weighted by Crippen LogP contribution is -1.98. The molecule has 0 bridgehead atoms. The van der Waals surface area contributed by atoms with Crippen LogP contribution in [0.1, 0.15) is 19.5 Å². The second-order valence-electron chi connectivity index (χ2n) is 3.42. The quantitative estimate of drug-likeness (QED) is 0.569. The zero-order valence-electron chi connectivity index (χ0n) is 8.49. The van der Waals surface area contributed by atoms with Crippen molar-refractivity contribution in [1.82, 2.24) is 9.78 Å². The predicted octanol–water partition coefficient (Wildman–Crippen LogP) is 2.31. The lowest BCUT2D eigenvalue weighted by Gasteiger charge is -2.03. The number of hydrogen-bond acceptors (Lipinski definition) is 2. The minimum Gasteiger partial charge on any atom is -0.298 e. The molecule has 1 heterocycles. The molecule has 0 aliphatic carbocycles. The molecular formula is C10H13ClN2O. The summed E-state index contributed by atoms with van der Waals surface area (Å²) in [5.74, 6) is 0.193. The summed E-state index contributed by atoms with van der Waals surface area (Å²) in [7, 11) is 1.79. The zero-order valence-corrected chi connectivity index (χ0v) is 9.25. The van der Waals surface area contributed by atoms with Crippen LogP contribution < -0.4 is 0 Å². The standard InChI is InChI=1S/C10H13ClN2O/c1-7(2)8(6-14)4-10-9(11)5-12-13(10)3/h4-7H,1-3H3/b8-4+. The van der Waals surface area contributed by atoms with E-state index in [1.807, 2.05) is 13.8 Å². The first kappa shape index (κ1) is 11.0. The van der Waals surface area contributed by atoms with Gasteiger partial charge in [-0.3, -0.25) is 9.48 Å². The minimum atomic E-state index is 0.193. The van der Waals surface area contributed by atoms with E-state index in [1.165, 1.54) is 0 Å². The summed E-state index contributed by atoms with van der Waals surface area (Å²) in [6.07, 6.45) is 4.19. The Morgan fingerprint density at radius 3 is 2.64 bits per heavy atom. The van der Waals surface area contributed by atoms with Gasteiger partial charge in [-0.05, 0) is 17.6 Å². The smallest absolute Gasteiger partial charge is 0.146 e. The highest BCUT2D eigenvalue weighted by Gasteiger charge is 2.07. The predicted molar refractivity (Wildman–Crippen MR) is 57.1 cm³/mol. The molecule has 14 heavy (non-hydrogen) atoms. The number of carbonyl (C=O) groups is 1. The zero-order chi connectivity index (χ0) is 10.7. The molecule has 0 N–H and O–H groups in total. The molecule has 0 aliphatic heterocycles. The Bertz CT molecular complexity index is 347. The van der Waals surface area contributed by atoms with Crippen molar-refractivity contribution in [2.45, 2.75) is 13.8 Å². The van der Waals surface area contributed by atoms with Crippen LogP contribution in [-0.2, 0) is 11.8 Å². The van der Waals surface area contributed by atoms with Crippen LogP contribution in [0.15, 0.2) is 11.8 Å². The first-order chi connectivity index (χ1) is 6.56. The molecule has 0 aromatic carbocycles. The largest absolute Gasteiger partial charge is 0.298 e. The van der Waals surface area contributed by atoms with Crippen molar-refractivity contribution >= 4 is 24.0 Å². The van der Waals surface area contributed by atoms with E-state index in [1.54, 1.807) is 24.0 Å². The van der Waals surface area contributed by atoms with Crippen LogP contribution in [0.3, 0.4) is 0 Å². The third-order valence-corrected chi connectivity index (χ3v) is 2.33. The van der Waals surface area contributed by atoms with Crippen LogP contribution in [0.5, 0.6) is 0 Å². The highest BCUT2D eigenvalue weighted by atomic mass is 35.5. The summed E-state index contributed by atoms with van der Waals surface area (Å²) < 4.78 is 1.65. The van der Waals surface area contributed by atoms with Crippen LogP contribution in [0, 0.1) is 5.92 Å². The van der Waals surface area contributed by atoms with E-state index < -0.39 is 0 Å². The van der Waals surface area contributed by atoms with Gasteiger partial charge in [0, 0.05) is 7.05 Å². The fourth-order valence-corrected chi connectivity index (χ4v) is 1.30. The molecule has 1 aromatic rings. The second kappa shape index (κ2) is 4.42. The van der Waals surface area contributed by atoms with Gasteiger partial charge in [0.15, 0.2) is 0 Å². The van der Waals surface area contributed by atoms with E-state index in [-0.39, 0.29) is 5.92 Å². The fourth-order valence-electron chi connectivity index (χ4n) is 1.08. The number of aldehydes is 1. The summed E-state index contributed by atoms with van der Waals surface area (Å²) in [5.41, 5.74) is 1.48. The van der Waals surface area contributed by atoms with E-state index in [4.69, 9.17) is 11.6 Å². The average Bonchev–Trinajstić information content (AvgIpc) is 2.43. The number of aromatic nitrogens is 2.